The van der Waals surface area contributed by atoms with Gasteiger partial charge in [0.15, 0.2) is 0 Å². The van der Waals surface area contributed by atoms with Crippen molar-refractivity contribution in [2.24, 2.45) is 5.73 Å². The molecule has 1 fully saturated rings. The van der Waals surface area contributed by atoms with E-state index in [0.717, 1.165) is 5.25 Å². The van der Waals surface area contributed by atoms with Crippen LogP contribution in [0.25, 0.3) is 0 Å². The zero-order chi connectivity index (χ0) is 5.98. The van der Waals surface area contributed by atoms with Gasteiger partial charge in [-0.05, 0) is 19.1 Å². The molecule has 0 bridgehead atoms. The first kappa shape index (κ1) is 6.43. The molecule has 1 saturated carbocycles. The predicted molar refractivity (Wildman–Crippen MR) is 39.1 cm³/mol. The molecule has 1 nitrogen and oxygen atoms in total. The van der Waals surface area contributed by atoms with E-state index in [-0.39, 0.29) is 0 Å². The van der Waals surface area contributed by atoms with Crippen LogP contribution >= 0.6 is 11.8 Å². The zero-order valence-electron chi connectivity index (χ0n) is 5.26. The maximum Gasteiger partial charge on any atom is 0.0196 e. The SMILES string of the molecule is CSC1CCCC1N. The fourth-order valence-corrected chi connectivity index (χ4v) is 2.14. The van der Waals surface area contributed by atoms with Crippen molar-refractivity contribution < 1.29 is 0 Å². The van der Waals surface area contributed by atoms with Gasteiger partial charge in [-0.3, -0.25) is 0 Å². The monoisotopic (exact) mass is 131 g/mol. The molecule has 1 rings (SSSR count). The molecule has 8 heavy (non-hydrogen) atoms. The summed E-state index contributed by atoms with van der Waals surface area (Å²) in [5, 5.41) is 0.759. The van der Waals surface area contributed by atoms with Crippen molar-refractivity contribution in [2.45, 2.75) is 30.6 Å². The van der Waals surface area contributed by atoms with Crippen LogP contribution in [0.1, 0.15) is 19.3 Å². The highest BCUT2D eigenvalue weighted by atomic mass is 32.2. The molecule has 1 aliphatic carbocycles. The quantitative estimate of drug-likeness (QED) is 0.579. The number of thioether (sulfide) groups is 1. The smallest absolute Gasteiger partial charge is 0.0196 e. The Morgan fingerprint density at radius 1 is 1.50 bits per heavy atom. The molecule has 0 spiro atoms. The van der Waals surface area contributed by atoms with Crippen molar-refractivity contribution in [1.29, 1.82) is 0 Å². The fourth-order valence-electron chi connectivity index (χ4n) is 1.25. The second kappa shape index (κ2) is 2.74. The minimum Gasteiger partial charge on any atom is -0.327 e. The molecule has 2 N–H and O–H groups in total. The lowest BCUT2D eigenvalue weighted by atomic mass is 10.3. The van der Waals surface area contributed by atoms with Crippen molar-refractivity contribution in [3.63, 3.8) is 0 Å². The highest BCUT2D eigenvalue weighted by Gasteiger charge is 2.21. The third kappa shape index (κ3) is 1.17. The van der Waals surface area contributed by atoms with E-state index in [2.05, 4.69) is 6.26 Å². The van der Waals surface area contributed by atoms with Gasteiger partial charge < -0.3 is 5.73 Å². The molecule has 2 unspecified atom stereocenters. The summed E-state index contributed by atoms with van der Waals surface area (Å²) in [5.74, 6) is 0. The first-order chi connectivity index (χ1) is 3.84. The minimum absolute atomic E-state index is 0.491. The van der Waals surface area contributed by atoms with E-state index in [9.17, 15) is 0 Å². The number of hydrogen-bond acceptors (Lipinski definition) is 2. The average molecular weight is 131 g/mol. The molecule has 0 aromatic carbocycles. The van der Waals surface area contributed by atoms with Gasteiger partial charge in [-0.25, -0.2) is 0 Å². The lowest BCUT2D eigenvalue weighted by molar-refractivity contribution is 0.717. The minimum atomic E-state index is 0.491. The lowest BCUT2D eigenvalue weighted by Crippen LogP contribution is -2.25. The Morgan fingerprint density at radius 2 is 2.25 bits per heavy atom. The molecular weight excluding hydrogens is 118 g/mol. The molecule has 1 aliphatic rings. The van der Waals surface area contributed by atoms with Crippen molar-refractivity contribution in [1.82, 2.24) is 0 Å². The van der Waals surface area contributed by atoms with Crippen molar-refractivity contribution in [3.05, 3.63) is 0 Å². The predicted octanol–water partition coefficient (Wildman–Crippen LogP) is 1.23. The van der Waals surface area contributed by atoms with E-state index in [4.69, 9.17) is 5.73 Å². The number of rotatable bonds is 1. The van der Waals surface area contributed by atoms with Crippen LogP contribution in [-0.2, 0) is 0 Å². The van der Waals surface area contributed by atoms with Crippen LogP contribution < -0.4 is 5.73 Å². The first-order valence-electron chi connectivity index (χ1n) is 3.13. The highest BCUT2D eigenvalue weighted by molar-refractivity contribution is 7.99. The Hall–Kier alpha value is 0.310. The highest BCUT2D eigenvalue weighted by Crippen LogP contribution is 2.26. The summed E-state index contributed by atoms with van der Waals surface area (Å²) in [6.07, 6.45) is 6.07. The standard InChI is InChI=1S/C6H13NS/c1-8-6-4-2-3-5(6)7/h5-6H,2-4,7H2,1H3. The van der Waals surface area contributed by atoms with Gasteiger partial charge in [0, 0.05) is 11.3 Å². The Balaban J connectivity index is 2.30. The van der Waals surface area contributed by atoms with Crippen LogP contribution in [0.5, 0.6) is 0 Å². The van der Waals surface area contributed by atoms with Gasteiger partial charge in [-0.15, -0.1) is 0 Å². The van der Waals surface area contributed by atoms with Gasteiger partial charge in [-0.2, -0.15) is 11.8 Å². The van der Waals surface area contributed by atoms with Crippen LogP contribution in [0.3, 0.4) is 0 Å². The molecular formula is C6H13NS. The maximum absolute atomic E-state index is 5.77. The average Bonchev–Trinajstić information content (AvgIpc) is 2.14. The summed E-state index contributed by atoms with van der Waals surface area (Å²) < 4.78 is 0. The van der Waals surface area contributed by atoms with Gasteiger partial charge in [0.05, 0.1) is 0 Å². The molecule has 0 aromatic rings. The van der Waals surface area contributed by atoms with Gasteiger partial charge in [0.1, 0.15) is 0 Å². The molecule has 0 radical (unpaired) electrons. The number of nitrogens with two attached hydrogens (primary N) is 1. The lowest BCUT2D eigenvalue weighted by Gasteiger charge is -2.10. The van der Waals surface area contributed by atoms with Crippen molar-refractivity contribution in [3.8, 4) is 0 Å². The molecule has 0 heterocycles. The molecule has 0 aromatic heterocycles. The fraction of sp³-hybridized carbons (Fsp3) is 1.00. The van der Waals surface area contributed by atoms with Crippen LogP contribution in [-0.4, -0.2) is 17.5 Å². The van der Waals surface area contributed by atoms with E-state index in [1.54, 1.807) is 0 Å². The molecule has 2 atom stereocenters. The van der Waals surface area contributed by atoms with Crippen molar-refractivity contribution in [2.75, 3.05) is 6.26 Å². The topological polar surface area (TPSA) is 26.0 Å². The Labute approximate surface area is 55.0 Å². The Morgan fingerprint density at radius 3 is 2.50 bits per heavy atom. The van der Waals surface area contributed by atoms with Gasteiger partial charge in [0.25, 0.3) is 0 Å². The summed E-state index contributed by atoms with van der Waals surface area (Å²) >= 11 is 1.92. The Bertz CT molecular complexity index is 74.9. The molecule has 2 heteroatoms. The zero-order valence-corrected chi connectivity index (χ0v) is 6.08. The van der Waals surface area contributed by atoms with E-state index < -0.39 is 0 Å². The van der Waals surface area contributed by atoms with Gasteiger partial charge in [-0.1, -0.05) is 6.42 Å². The van der Waals surface area contributed by atoms with E-state index >= 15 is 0 Å². The second-order valence-corrected chi connectivity index (χ2v) is 3.45. The molecule has 0 saturated heterocycles. The maximum atomic E-state index is 5.77. The Kier molecular flexibility index (Phi) is 2.20. The van der Waals surface area contributed by atoms with E-state index in [1.807, 2.05) is 11.8 Å². The van der Waals surface area contributed by atoms with Gasteiger partial charge in [0.2, 0.25) is 0 Å². The molecule has 0 amide bonds. The normalized spacial score (nSPS) is 38.2. The van der Waals surface area contributed by atoms with Crippen LogP contribution in [0.2, 0.25) is 0 Å². The van der Waals surface area contributed by atoms with E-state index in [1.165, 1.54) is 19.3 Å². The van der Waals surface area contributed by atoms with Crippen LogP contribution in [0.15, 0.2) is 0 Å². The van der Waals surface area contributed by atoms with Crippen LogP contribution in [0, 0.1) is 0 Å². The van der Waals surface area contributed by atoms with Crippen molar-refractivity contribution >= 4 is 11.8 Å². The summed E-state index contributed by atoms with van der Waals surface area (Å²) in [6.45, 7) is 0. The first-order valence-corrected chi connectivity index (χ1v) is 4.42. The summed E-state index contributed by atoms with van der Waals surface area (Å²) in [7, 11) is 0. The summed E-state index contributed by atoms with van der Waals surface area (Å²) in [6, 6.07) is 0.491. The second-order valence-electron chi connectivity index (χ2n) is 2.37. The summed E-state index contributed by atoms with van der Waals surface area (Å²) in [4.78, 5) is 0. The largest absolute Gasteiger partial charge is 0.327 e. The molecule has 48 valence electrons. The molecule has 0 aliphatic heterocycles. The third-order valence-electron chi connectivity index (χ3n) is 1.81. The van der Waals surface area contributed by atoms with Gasteiger partial charge >= 0.3 is 0 Å². The third-order valence-corrected chi connectivity index (χ3v) is 3.00. The number of hydrogen-bond donors (Lipinski definition) is 1. The van der Waals surface area contributed by atoms with Crippen LogP contribution in [0.4, 0.5) is 0 Å². The van der Waals surface area contributed by atoms with E-state index in [0.29, 0.717) is 6.04 Å². The summed E-state index contributed by atoms with van der Waals surface area (Å²) in [5.41, 5.74) is 5.77.